The van der Waals surface area contributed by atoms with Gasteiger partial charge in [-0.1, -0.05) is 279 Å². The van der Waals surface area contributed by atoms with Gasteiger partial charge in [0.25, 0.3) is 0 Å². The number of rotatable bonds is 7. The molecule has 0 fully saturated rings. The molecule has 0 bridgehead atoms. The number of fused-ring (bicyclic) bond motifs is 26. The molecule has 4 aliphatic carbocycles. The van der Waals surface area contributed by atoms with Crippen molar-refractivity contribution in [3.63, 3.8) is 0 Å². The van der Waals surface area contributed by atoms with Crippen LogP contribution in [0.3, 0.4) is 0 Å². The van der Waals surface area contributed by atoms with Crippen LogP contribution in [0.1, 0.15) is 44.5 Å². The Morgan fingerprint density at radius 1 is 0.150 bits per heavy atom. The van der Waals surface area contributed by atoms with Gasteiger partial charge in [-0.05, 0) is 230 Å². The van der Waals surface area contributed by atoms with Gasteiger partial charge in [-0.25, -0.2) is 0 Å². The van der Waals surface area contributed by atoms with Gasteiger partial charge in [0, 0.05) is 32.9 Å². The Bertz CT molecular complexity index is 6010. The monoisotopic (exact) mass is 1260 g/mol. The van der Waals surface area contributed by atoms with Gasteiger partial charge in [0.2, 0.25) is 0 Å². The van der Waals surface area contributed by atoms with Gasteiger partial charge in [0.05, 0.1) is 32.9 Å². The molecular weight excluding hydrogens is 1210 g/mol. The molecule has 462 valence electrons. The standard InChI is InChI=1S/C98H60N2/c1-3-19-71(20-4-1)99-93-33-17-11-27-81(93)83-55-65(47-53-95(83)99)61-35-39-63(40-36-61)67-43-49-77-79-51-45-69(59-91(79)97(89(77)57-67)85-29-13-7-23-73(85)74-24-8-14-30-86(74)97)70-46-52-80-78-50-44-68(58-90(78)98(92(80)60-70)87-31-15-9-25-75(87)76-26-10-16-32-88(76)98)64-41-37-62(38-42-64)66-48-54-96-84(56-66)82-28-12-18-34-94(82)100(96)72-21-5-2-6-22-72/h1-60H. The Hall–Kier alpha value is -12.9. The first-order chi connectivity index (χ1) is 49.6. The van der Waals surface area contributed by atoms with Crippen LogP contribution in [0.15, 0.2) is 364 Å². The zero-order chi connectivity index (χ0) is 65.4. The van der Waals surface area contributed by atoms with E-state index in [-0.39, 0.29) is 0 Å². The second kappa shape index (κ2) is 20.8. The Kier molecular flexibility index (Phi) is 11.5. The first-order valence-corrected chi connectivity index (χ1v) is 34.9. The summed E-state index contributed by atoms with van der Waals surface area (Å²) in [4.78, 5) is 0. The van der Waals surface area contributed by atoms with E-state index in [1.54, 1.807) is 0 Å². The average molecular weight is 1270 g/mol. The van der Waals surface area contributed by atoms with Crippen molar-refractivity contribution in [2.75, 3.05) is 0 Å². The zero-order valence-corrected chi connectivity index (χ0v) is 54.5. The molecule has 2 spiro atoms. The van der Waals surface area contributed by atoms with Crippen molar-refractivity contribution in [1.82, 2.24) is 9.13 Å². The maximum Gasteiger partial charge on any atom is 0.0725 e. The summed E-state index contributed by atoms with van der Waals surface area (Å²) in [5.41, 5.74) is 39.1. The van der Waals surface area contributed by atoms with E-state index in [1.807, 2.05) is 0 Å². The van der Waals surface area contributed by atoms with E-state index in [4.69, 9.17) is 0 Å². The number of nitrogens with zero attached hydrogens (tertiary/aromatic N) is 2. The summed E-state index contributed by atoms with van der Waals surface area (Å²) in [6.07, 6.45) is 0. The van der Waals surface area contributed by atoms with E-state index in [0.29, 0.717) is 0 Å². The molecule has 0 aliphatic heterocycles. The predicted octanol–water partition coefficient (Wildman–Crippen LogP) is 24.9. The summed E-state index contributed by atoms with van der Waals surface area (Å²) in [6, 6.07) is 138. The SMILES string of the molecule is c1ccc(-n2c3ccccc3c3cc(-c4ccc(-c5ccc6c(c5)C5(c7ccccc7-c7ccccc75)c5cc(-c7ccc8c(c7)C7(c9ccccc9-c9ccccc97)c7cc(-c9ccc(-c%10ccc%11c(c%10)c%10ccccc%10n%11-c%10ccccc%10)cc9)ccc7-8)ccc5-6)cc4)ccc32)cc1. The smallest absolute Gasteiger partial charge is 0.0725 e. The number of aromatic nitrogens is 2. The van der Waals surface area contributed by atoms with E-state index < -0.39 is 10.8 Å². The molecule has 0 atom stereocenters. The van der Waals surface area contributed by atoms with Crippen LogP contribution in [0.4, 0.5) is 0 Å². The Labute approximate surface area is 579 Å². The summed E-state index contributed by atoms with van der Waals surface area (Å²) in [7, 11) is 0. The van der Waals surface area contributed by atoms with Crippen molar-refractivity contribution >= 4 is 43.6 Å². The molecule has 0 amide bonds. The lowest BCUT2D eigenvalue weighted by Gasteiger charge is -2.31. The minimum absolute atomic E-state index is 0.553. The third-order valence-electron chi connectivity index (χ3n) is 23.0. The molecule has 4 aliphatic rings. The highest BCUT2D eigenvalue weighted by molar-refractivity contribution is 6.12. The van der Waals surface area contributed by atoms with Gasteiger partial charge in [0.1, 0.15) is 0 Å². The third-order valence-corrected chi connectivity index (χ3v) is 23.0. The fraction of sp³-hybridized carbons (Fsp3) is 0.0204. The number of benzene rings is 16. The summed E-state index contributed by atoms with van der Waals surface area (Å²) in [5.74, 6) is 0. The van der Waals surface area contributed by atoms with Crippen molar-refractivity contribution in [2.45, 2.75) is 10.8 Å². The molecule has 2 nitrogen and oxygen atoms in total. The van der Waals surface area contributed by atoms with Crippen molar-refractivity contribution in [1.29, 1.82) is 0 Å². The van der Waals surface area contributed by atoms with Crippen LogP contribution >= 0.6 is 0 Å². The summed E-state index contributed by atoms with van der Waals surface area (Å²) in [6.45, 7) is 0. The number of hydrogen-bond acceptors (Lipinski definition) is 0. The van der Waals surface area contributed by atoms with Gasteiger partial charge in [-0.15, -0.1) is 0 Å². The lowest BCUT2D eigenvalue weighted by Crippen LogP contribution is -2.26. The van der Waals surface area contributed by atoms with Crippen LogP contribution in [-0.4, -0.2) is 9.13 Å². The molecule has 0 unspecified atom stereocenters. The van der Waals surface area contributed by atoms with Gasteiger partial charge in [-0.2, -0.15) is 0 Å². The quantitative estimate of drug-likeness (QED) is 0.151. The maximum atomic E-state index is 2.56. The van der Waals surface area contributed by atoms with Gasteiger partial charge in [-0.3, -0.25) is 0 Å². The molecule has 2 heterocycles. The largest absolute Gasteiger partial charge is 0.309 e. The van der Waals surface area contributed by atoms with E-state index >= 15 is 0 Å². The highest BCUT2D eigenvalue weighted by Crippen LogP contribution is 2.66. The molecule has 0 radical (unpaired) electrons. The minimum atomic E-state index is -0.553. The molecule has 0 saturated heterocycles. The zero-order valence-electron chi connectivity index (χ0n) is 54.5. The Balaban J connectivity index is 0.651. The van der Waals surface area contributed by atoms with Crippen LogP contribution < -0.4 is 0 Å². The van der Waals surface area contributed by atoms with Crippen LogP contribution in [-0.2, 0) is 10.8 Å². The van der Waals surface area contributed by atoms with Crippen molar-refractivity contribution in [2.24, 2.45) is 0 Å². The molecule has 0 N–H and O–H groups in total. The molecule has 2 heteroatoms. The Morgan fingerprint density at radius 2 is 0.380 bits per heavy atom. The van der Waals surface area contributed by atoms with Gasteiger partial charge in [0.15, 0.2) is 0 Å². The van der Waals surface area contributed by atoms with Crippen LogP contribution in [0.25, 0.3) is 155 Å². The fourth-order valence-electron chi connectivity index (χ4n) is 18.7. The van der Waals surface area contributed by atoms with Gasteiger partial charge < -0.3 is 9.13 Å². The molecule has 18 aromatic rings. The maximum absolute atomic E-state index is 2.56. The van der Waals surface area contributed by atoms with E-state index in [1.165, 1.54) is 200 Å². The number of para-hydroxylation sites is 4. The summed E-state index contributed by atoms with van der Waals surface area (Å²) >= 11 is 0. The lowest BCUT2D eigenvalue weighted by atomic mass is 9.69. The first kappa shape index (κ1) is 55.3. The number of hydrogen-bond donors (Lipinski definition) is 0. The first-order valence-electron chi connectivity index (χ1n) is 34.9. The van der Waals surface area contributed by atoms with Crippen molar-refractivity contribution in [3.05, 3.63) is 408 Å². The molecule has 0 saturated carbocycles. The average Bonchev–Trinajstić information content (AvgIpc) is 1.51. The lowest BCUT2D eigenvalue weighted by molar-refractivity contribution is 0.793. The van der Waals surface area contributed by atoms with Crippen molar-refractivity contribution in [3.8, 4) is 112 Å². The van der Waals surface area contributed by atoms with E-state index in [0.717, 1.165) is 0 Å². The normalized spacial score (nSPS) is 13.6. The second-order valence-corrected chi connectivity index (χ2v) is 27.7. The van der Waals surface area contributed by atoms with E-state index in [2.05, 4.69) is 373 Å². The minimum Gasteiger partial charge on any atom is -0.309 e. The highest BCUT2D eigenvalue weighted by Gasteiger charge is 2.54. The molecule has 22 rings (SSSR count). The predicted molar refractivity (Wildman–Crippen MR) is 415 cm³/mol. The topological polar surface area (TPSA) is 9.86 Å². The fourth-order valence-corrected chi connectivity index (χ4v) is 18.7. The van der Waals surface area contributed by atoms with Crippen LogP contribution in [0, 0.1) is 0 Å². The van der Waals surface area contributed by atoms with Crippen molar-refractivity contribution < 1.29 is 0 Å². The molecule has 2 aromatic heterocycles. The van der Waals surface area contributed by atoms with E-state index in [9.17, 15) is 0 Å². The van der Waals surface area contributed by atoms with Crippen LogP contribution in [0.5, 0.6) is 0 Å². The van der Waals surface area contributed by atoms with Crippen LogP contribution in [0.2, 0.25) is 0 Å². The molecule has 100 heavy (non-hydrogen) atoms. The molecule has 16 aromatic carbocycles. The summed E-state index contributed by atoms with van der Waals surface area (Å²) < 4.78 is 4.77. The summed E-state index contributed by atoms with van der Waals surface area (Å²) in [5, 5.41) is 5.02. The van der Waals surface area contributed by atoms with Gasteiger partial charge >= 0.3 is 0 Å². The molecular formula is C98H60N2. The highest BCUT2D eigenvalue weighted by atomic mass is 15.0. The third kappa shape index (κ3) is 7.51. The Morgan fingerprint density at radius 3 is 0.710 bits per heavy atom. The second-order valence-electron chi connectivity index (χ2n) is 27.7.